The van der Waals surface area contributed by atoms with Gasteiger partial charge in [-0.15, -0.1) is 0 Å². The Morgan fingerprint density at radius 3 is 2.44 bits per heavy atom. The maximum atomic E-state index is 3.83. The van der Waals surface area contributed by atoms with Crippen LogP contribution < -0.4 is 5.32 Å². The largest absolute Gasteiger partial charge is 0.306 e. The molecular formula is C15H21BrN2. The average Bonchev–Trinajstić information content (AvgIpc) is 2.41. The van der Waals surface area contributed by atoms with E-state index in [1.54, 1.807) is 0 Å². The summed E-state index contributed by atoms with van der Waals surface area (Å²) in [7, 11) is 0. The second-order valence-electron chi connectivity index (χ2n) is 5.68. The second kappa shape index (κ2) is 5.32. The van der Waals surface area contributed by atoms with E-state index in [9.17, 15) is 0 Å². The van der Waals surface area contributed by atoms with Gasteiger partial charge < -0.3 is 10.2 Å². The van der Waals surface area contributed by atoms with Crippen molar-refractivity contribution in [3.05, 3.63) is 34.3 Å². The summed E-state index contributed by atoms with van der Waals surface area (Å²) >= 11 is 3.49. The van der Waals surface area contributed by atoms with Crippen LogP contribution in [0.4, 0.5) is 0 Å². The molecule has 18 heavy (non-hydrogen) atoms. The zero-order valence-corrected chi connectivity index (χ0v) is 12.5. The summed E-state index contributed by atoms with van der Waals surface area (Å²) in [6.45, 7) is 6.15. The molecule has 3 aliphatic heterocycles. The number of halogens is 1. The van der Waals surface area contributed by atoms with Crippen molar-refractivity contribution >= 4 is 15.9 Å². The van der Waals surface area contributed by atoms with Crippen molar-refractivity contribution in [3.8, 4) is 0 Å². The van der Waals surface area contributed by atoms with Gasteiger partial charge in [-0.3, -0.25) is 0 Å². The van der Waals surface area contributed by atoms with E-state index in [1.807, 2.05) is 0 Å². The fraction of sp³-hybridized carbons (Fsp3) is 0.600. The lowest BCUT2D eigenvalue weighted by Crippen LogP contribution is -2.56. The molecule has 3 heteroatoms. The van der Waals surface area contributed by atoms with Crippen LogP contribution >= 0.6 is 15.9 Å². The molecule has 3 saturated heterocycles. The Morgan fingerprint density at radius 1 is 1.22 bits per heavy atom. The SMILES string of the molecule is C[C@@H](NC1CN2CCC1CC2)c1ccc(Br)cc1. The Labute approximate surface area is 118 Å². The molecule has 0 aliphatic carbocycles. The molecule has 1 aromatic rings. The zero-order chi connectivity index (χ0) is 12.5. The Hall–Kier alpha value is -0.380. The lowest BCUT2D eigenvalue weighted by atomic mass is 9.83. The summed E-state index contributed by atoms with van der Waals surface area (Å²) in [6.07, 6.45) is 2.76. The molecule has 2 nitrogen and oxygen atoms in total. The van der Waals surface area contributed by atoms with Crippen LogP contribution in [-0.4, -0.2) is 30.6 Å². The third kappa shape index (κ3) is 2.63. The lowest BCUT2D eigenvalue weighted by molar-refractivity contribution is 0.0680. The van der Waals surface area contributed by atoms with Crippen LogP contribution in [0, 0.1) is 5.92 Å². The molecule has 4 rings (SSSR count). The predicted octanol–water partition coefficient (Wildman–Crippen LogP) is 3.19. The van der Waals surface area contributed by atoms with Gasteiger partial charge in [-0.1, -0.05) is 28.1 Å². The number of hydrogen-bond acceptors (Lipinski definition) is 2. The van der Waals surface area contributed by atoms with Gasteiger partial charge in [0.25, 0.3) is 0 Å². The molecule has 1 unspecified atom stereocenters. The van der Waals surface area contributed by atoms with Crippen molar-refractivity contribution in [2.75, 3.05) is 19.6 Å². The zero-order valence-electron chi connectivity index (χ0n) is 10.9. The molecule has 0 spiro atoms. The molecule has 3 heterocycles. The minimum Gasteiger partial charge on any atom is -0.306 e. The van der Waals surface area contributed by atoms with Crippen molar-refractivity contribution in [1.82, 2.24) is 10.2 Å². The van der Waals surface area contributed by atoms with E-state index < -0.39 is 0 Å². The highest BCUT2D eigenvalue weighted by molar-refractivity contribution is 9.10. The quantitative estimate of drug-likeness (QED) is 0.922. The fourth-order valence-electron chi connectivity index (χ4n) is 3.32. The topological polar surface area (TPSA) is 15.3 Å². The number of nitrogens with one attached hydrogen (secondary N) is 1. The molecule has 0 radical (unpaired) electrons. The van der Waals surface area contributed by atoms with Crippen LogP contribution in [0.3, 0.4) is 0 Å². The molecule has 0 aromatic heterocycles. The smallest absolute Gasteiger partial charge is 0.0295 e. The third-order valence-electron chi connectivity index (χ3n) is 4.49. The first-order valence-electron chi connectivity index (χ1n) is 6.96. The summed E-state index contributed by atoms with van der Waals surface area (Å²) in [5.41, 5.74) is 1.38. The number of rotatable bonds is 3. The molecule has 1 aromatic carbocycles. The number of piperidine rings is 3. The molecule has 2 atom stereocenters. The molecule has 0 amide bonds. The van der Waals surface area contributed by atoms with Crippen LogP contribution in [0.1, 0.15) is 31.4 Å². The molecular weight excluding hydrogens is 288 g/mol. The predicted molar refractivity (Wildman–Crippen MR) is 78.6 cm³/mol. The van der Waals surface area contributed by atoms with Crippen molar-refractivity contribution in [2.24, 2.45) is 5.92 Å². The van der Waals surface area contributed by atoms with Gasteiger partial charge in [0, 0.05) is 23.1 Å². The molecule has 1 N–H and O–H groups in total. The highest BCUT2D eigenvalue weighted by atomic mass is 79.9. The number of hydrogen-bond donors (Lipinski definition) is 1. The lowest BCUT2D eigenvalue weighted by Gasteiger charge is -2.46. The van der Waals surface area contributed by atoms with E-state index in [-0.39, 0.29) is 0 Å². The van der Waals surface area contributed by atoms with Crippen LogP contribution in [0.15, 0.2) is 28.7 Å². The highest BCUT2D eigenvalue weighted by Crippen LogP contribution is 2.29. The van der Waals surface area contributed by atoms with E-state index in [4.69, 9.17) is 0 Å². The third-order valence-corrected chi connectivity index (χ3v) is 5.02. The van der Waals surface area contributed by atoms with Gasteiger partial charge in [0.2, 0.25) is 0 Å². The van der Waals surface area contributed by atoms with Gasteiger partial charge in [0.05, 0.1) is 0 Å². The van der Waals surface area contributed by atoms with E-state index in [0.29, 0.717) is 12.1 Å². The second-order valence-corrected chi connectivity index (χ2v) is 6.60. The summed E-state index contributed by atoms with van der Waals surface area (Å²) in [4.78, 5) is 2.60. The van der Waals surface area contributed by atoms with Crippen LogP contribution in [-0.2, 0) is 0 Å². The van der Waals surface area contributed by atoms with E-state index >= 15 is 0 Å². The minimum atomic E-state index is 0.448. The molecule has 98 valence electrons. The summed E-state index contributed by atoms with van der Waals surface area (Å²) in [5, 5.41) is 3.83. The standard InChI is InChI=1S/C15H21BrN2/c1-11(12-2-4-14(16)5-3-12)17-15-10-18-8-6-13(15)7-9-18/h2-5,11,13,15,17H,6-10H2,1H3/t11-,15?/m1/s1. The molecule has 3 aliphatic rings. The highest BCUT2D eigenvalue weighted by Gasteiger charge is 2.34. The minimum absolute atomic E-state index is 0.448. The monoisotopic (exact) mass is 308 g/mol. The van der Waals surface area contributed by atoms with Gasteiger partial charge in [0.15, 0.2) is 0 Å². The summed E-state index contributed by atoms with van der Waals surface area (Å²) < 4.78 is 1.15. The van der Waals surface area contributed by atoms with E-state index in [0.717, 1.165) is 10.4 Å². The Morgan fingerprint density at radius 2 is 1.89 bits per heavy atom. The Kier molecular flexibility index (Phi) is 3.73. The van der Waals surface area contributed by atoms with E-state index in [2.05, 4.69) is 57.3 Å². The van der Waals surface area contributed by atoms with Crippen LogP contribution in [0.2, 0.25) is 0 Å². The number of nitrogens with zero attached hydrogens (tertiary/aromatic N) is 1. The van der Waals surface area contributed by atoms with E-state index in [1.165, 1.54) is 38.0 Å². The van der Waals surface area contributed by atoms with Gasteiger partial charge in [-0.2, -0.15) is 0 Å². The Bertz CT molecular complexity index is 395. The van der Waals surface area contributed by atoms with Crippen LogP contribution in [0.5, 0.6) is 0 Å². The average molecular weight is 309 g/mol. The normalized spacial score (nSPS) is 32.4. The van der Waals surface area contributed by atoms with Crippen molar-refractivity contribution in [1.29, 1.82) is 0 Å². The van der Waals surface area contributed by atoms with Crippen LogP contribution in [0.25, 0.3) is 0 Å². The summed E-state index contributed by atoms with van der Waals surface area (Å²) in [6, 6.07) is 9.81. The van der Waals surface area contributed by atoms with Gasteiger partial charge in [0.1, 0.15) is 0 Å². The van der Waals surface area contributed by atoms with Crippen molar-refractivity contribution in [3.63, 3.8) is 0 Å². The molecule has 3 fully saturated rings. The first-order valence-corrected chi connectivity index (χ1v) is 7.75. The molecule has 2 bridgehead atoms. The summed E-state index contributed by atoms with van der Waals surface area (Å²) in [5.74, 6) is 0.896. The molecule has 0 saturated carbocycles. The van der Waals surface area contributed by atoms with Gasteiger partial charge in [-0.25, -0.2) is 0 Å². The maximum absolute atomic E-state index is 3.83. The Balaban J connectivity index is 1.64. The van der Waals surface area contributed by atoms with Gasteiger partial charge >= 0.3 is 0 Å². The fourth-order valence-corrected chi connectivity index (χ4v) is 3.59. The van der Waals surface area contributed by atoms with Gasteiger partial charge in [-0.05, 0) is 56.5 Å². The number of benzene rings is 1. The first kappa shape index (κ1) is 12.6. The number of fused-ring (bicyclic) bond motifs is 3. The maximum Gasteiger partial charge on any atom is 0.0295 e. The van der Waals surface area contributed by atoms with Crippen molar-refractivity contribution in [2.45, 2.75) is 31.8 Å². The first-order chi connectivity index (χ1) is 8.72. The van der Waals surface area contributed by atoms with Crippen molar-refractivity contribution < 1.29 is 0 Å².